The molecule has 2 aromatic carbocycles. The fourth-order valence-corrected chi connectivity index (χ4v) is 5.54. The lowest BCUT2D eigenvalue weighted by molar-refractivity contribution is -0.139. The highest BCUT2D eigenvalue weighted by Crippen LogP contribution is 2.31. The Kier molecular flexibility index (Phi) is 9.17. The lowest BCUT2D eigenvalue weighted by atomic mass is 9.81. The number of esters is 1. The predicted octanol–water partition coefficient (Wildman–Crippen LogP) is 4.22. The maximum atomic E-state index is 13.3. The number of rotatable bonds is 10. The third kappa shape index (κ3) is 6.75. The minimum atomic E-state index is -0.324. The molecule has 3 aromatic rings. The van der Waals surface area contributed by atoms with Crippen LogP contribution < -0.4 is 10.9 Å². The minimum absolute atomic E-state index is 0.0149. The van der Waals surface area contributed by atoms with Crippen molar-refractivity contribution in [3.63, 3.8) is 0 Å². The average Bonchev–Trinajstić information content (AvgIpc) is 2.90. The first-order valence-corrected chi connectivity index (χ1v) is 13.6. The first-order valence-electron chi connectivity index (χ1n) is 12.6. The van der Waals surface area contributed by atoms with E-state index in [9.17, 15) is 14.4 Å². The number of hydrogen-bond acceptors (Lipinski definition) is 6. The number of carbonyl (C=O) groups excluding carboxylic acids is 2. The number of amides is 1. The number of thioether (sulfide) groups is 1. The summed E-state index contributed by atoms with van der Waals surface area (Å²) >= 11 is 1.24. The summed E-state index contributed by atoms with van der Waals surface area (Å²) in [6.45, 7) is 3.26. The number of nitrogens with zero attached hydrogens (tertiary/aromatic N) is 2. The molecular formula is C28H33N3O4S. The van der Waals surface area contributed by atoms with Crippen LogP contribution in [-0.4, -0.2) is 40.3 Å². The first-order chi connectivity index (χ1) is 17.5. The maximum absolute atomic E-state index is 13.3. The molecule has 0 spiro atoms. The number of carbonyl (C=O) groups is 2. The molecule has 1 aliphatic carbocycles. The first kappa shape index (κ1) is 25.9. The number of hydrogen-bond donors (Lipinski definition) is 1. The molecule has 1 heterocycles. The van der Waals surface area contributed by atoms with Gasteiger partial charge in [0.1, 0.15) is 0 Å². The Hall–Kier alpha value is -3.13. The summed E-state index contributed by atoms with van der Waals surface area (Å²) in [5.74, 6) is 0.200. The van der Waals surface area contributed by atoms with Crippen molar-refractivity contribution in [2.45, 2.75) is 50.7 Å². The van der Waals surface area contributed by atoms with Gasteiger partial charge in [-0.05, 0) is 62.6 Å². The summed E-state index contributed by atoms with van der Waals surface area (Å²) < 4.78 is 6.75. The summed E-state index contributed by atoms with van der Waals surface area (Å²) in [4.78, 5) is 42.6. The van der Waals surface area contributed by atoms with E-state index >= 15 is 0 Å². The quantitative estimate of drug-likeness (QED) is 0.251. The number of para-hydroxylation sites is 1. The SMILES string of the molecule is CCOC(=O)CSc1nc2ccccc2c(=O)n1CC1CCC(C(=O)NCCc2ccccc2)CC1. The second kappa shape index (κ2) is 12.7. The molecule has 1 amide bonds. The number of nitrogens with one attached hydrogen (secondary N) is 1. The highest BCUT2D eigenvalue weighted by molar-refractivity contribution is 7.99. The van der Waals surface area contributed by atoms with Gasteiger partial charge in [-0.2, -0.15) is 0 Å². The zero-order chi connectivity index (χ0) is 25.3. The Morgan fingerprint density at radius 3 is 2.53 bits per heavy atom. The molecule has 7 nitrogen and oxygen atoms in total. The van der Waals surface area contributed by atoms with E-state index < -0.39 is 0 Å². The van der Waals surface area contributed by atoms with Gasteiger partial charge >= 0.3 is 5.97 Å². The summed E-state index contributed by atoms with van der Waals surface area (Å²) in [6, 6.07) is 17.4. The molecule has 0 aliphatic heterocycles. The highest BCUT2D eigenvalue weighted by Gasteiger charge is 2.27. The summed E-state index contributed by atoms with van der Waals surface area (Å²) in [6.07, 6.45) is 4.19. The van der Waals surface area contributed by atoms with E-state index in [1.165, 1.54) is 17.3 Å². The second-order valence-electron chi connectivity index (χ2n) is 9.17. The van der Waals surface area contributed by atoms with Crippen LogP contribution in [0, 0.1) is 11.8 Å². The molecule has 4 rings (SSSR count). The van der Waals surface area contributed by atoms with Gasteiger partial charge < -0.3 is 10.1 Å². The number of aromatic nitrogens is 2. The molecule has 8 heteroatoms. The number of benzene rings is 2. The van der Waals surface area contributed by atoms with Crippen molar-refractivity contribution >= 4 is 34.5 Å². The molecule has 0 atom stereocenters. The molecule has 0 radical (unpaired) electrons. The van der Waals surface area contributed by atoms with Crippen LogP contribution in [0.1, 0.15) is 38.2 Å². The molecular weight excluding hydrogens is 474 g/mol. The number of ether oxygens (including phenoxy) is 1. The largest absolute Gasteiger partial charge is 0.465 e. The highest BCUT2D eigenvalue weighted by atomic mass is 32.2. The van der Waals surface area contributed by atoms with Crippen LogP contribution in [0.15, 0.2) is 64.5 Å². The van der Waals surface area contributed by atoms with E-state index in [-0.39, 0.29) is 35.0 Å². The summed E-state index contributed by atoms with van der Waals surface area (Å²) in [7, 11) is 0. The Bertz CT molecular complexity index is 1240. The smallest absolute Gasteiger partial charge is 0.316 e. The zero-order valence-electron chi connectivity index (χ0n) is 20.7. The maximum Gasteiger partial charge on any atom is 0.316 e. The van der Waals surface area contributed by atoms with Crippen LogP contribution in [0.4, 0.5) is 0 Å². The van der Waals surface area contributed by atoms with Gasteiger partial charge in [0, 0.05) is 19.0 Å². The third-order valence-corrected chi connectivity index (χ3v) is 7.62. The summed E-state index contributed by atoms with van der Waals surface area (Å²) in [5.41, 5.74) is 1.75. The van der Waals surface area contributed by atoms with Crippen molar-refractivity contribution in [1.29, 1.82) is 0 Å². The van der Waals surface area contributed by atoms with Crippen molar-refractivity contribution in [2.75, 3.05) is 18.9 Å². The third-order valence-electron chi connectivity index (χ3n) is 6.67. The Balaban J connectivity index is 1.37. The topological polar surface area (TPSA) is 90.3 Å². The van der Waals surface area contributed by atoms with Gasteiger partial charge in [0.2, 0.25) is 5.91 Å². The molecule has 0 bridgehead atoms. The van der Waals surface area contributed by atoms with Crippen LogP contribution in [-0.2, 0) is 27.3 Å². The predicted molar refractivity (Wildman–Crippen MR) is 142 cm³/mol. The van der Waals surface area contributed by atoms with Gasteiger partial charge in [0.05, 0.1) is 23.3 Å². The van der Waals surface area contributed by atoms with Crippen molar-refractivity contribution < 1.29 is 14.3 Å². The van der Waals surface area contributed by atoms with Gasteiger partial charge in [-0.1, -0.05) is 54.2 Å². The van der Waals surface area contributed by atoms with Gasteiger partial charge in [-0.15, -0.1) is 0 Å². The van der Waals surface area contributed by atoms with E-state index in [4.69, 9.17) is 4.74 Å². The van der Waals surface area contributed by atoms with Gasteiger partial charge in [0.15, 0.2) is 5.16 Å². The Labute approximate surface area is 215 Å². The molecule has 1 saturated carbocycles. The van der Waals surface area contributed by atoms with Gasteiger partial charge in [-0.25, -0.2) is 4.98 Å². The Morgan fingerprint density at radius 2 is 1.78 bits per heavy atom. The van der Waals surface area contributed by atoms with E-state index in [1.807, 2.05) is 36.4 Å². The van der Waals surface area contributed by atoms with Gasteiger partial charge in [0.25, 0.3) is 5.56 Å². The number of fused-ring (bicyclic) bond motifs is 1. The molecule has 1 fully saturated rings. The molecule has 1 N–H and O–H groups in total. The van der Waals surface area contributed by atoms with Crippen LogP contribution in [0.3, 0.4) is 0 Å². The standard InChI is InChI=1S/C28H33N3O4S/c1-2-35-25(32)19-36-28-30-24-11-7-6-10-23(24)27(34)31(28)18-21-12-14-22(15-13-21)26(33)29-17-16-20-8-4-3-5-9-20/h3-11,21-22H,2,12-19H2,1H3,(H,29,33). The van der Waals surface area contributed by atoms with Crippen LogP contribution in [0.2, 0.25) is 0 Å². The van der Waals surface area contributed by atoms with E-state index in [2.05, 4.69) is 22.4 Å². The van der Waals surface area contributed by atoms with Crippen molar-refractivity contribution in [3.8, 4) is 0 Å². The lowest BCUT2D eigenvalue weighted by Crippen LogP contribution is -2.35. The molecule has 190 valence electrons. The lowest BCUT2D eigenvalue weighted by Gasteiger charge is -2.28. The van der Waals surface area contributed by atoms with E-state index in [1.54, 1.807) is 17.6 Å². The average molecular weight is 508 g/mol. The fraction of sp³-hybridized carbons (Fsp3) is 0.429. The molecule has 36 heavy (non-hydrogen) atoms. The minimum Gasteiger partial charge on any atom is -0.465 e. The second-order valence-corrected chi connectivity index (χ2v) is 10.1. The monoisotopic (exact) mass is 507 g/mol. The Morgan fingerprint density at radius 1 is 1.06 bits per heavy atom. The van der Waals surface area contributed by atoms with Crippen LogP contribution >= 0.6 is 11.8 Å². The van der Waals surface area contributed by atoms with E-state index in [0.717, 1.165) is 32.1 Å². The molecule has 0 saturated heterocycles. The molecule has 1 aliphatic rings. The van der Waals surface area contributed by atoms with Crippen LogP contribution in [0.5, 0.6) is 0 Å². The van der Waals surface area contributed by atoms with Gasteiger partial charge in [-0.3, -0.25) is 19.0 Å². The van der Waals surface area contributed by atoms with Crippen molar-refractivity contribution in [2.24, 2.45) is 11.8 Å². The molecule has 1 aromatic heterocycles. The van der Waals surface area contributed by atoms with Crippen LogP contribution in [0.25, 0.3) is 10.9 Å². The van der Waals surface area contributed by atoms with Crippen molar-refractivity contribution in [1.82, 2.24) is 14.9 Å². The normalized spacial score (nSPS) is 17.6. The fourth-order valence-electron chi connectivity index (χ4n) is 4.73. The zero-order valence-corrected chi connectivity index (χ0v) is 21.5. The van der Waals surface area contributed by atoms with E-state index in [0.29, 0.717) is 35.8 Å². The summed E-state index contributed by atoms with van der Waals surface area (Å²) in [5, 5.41) is 4.20. The molecule has 0 unspecified atom stereocenters. The van der Waals surface area contributed by atoms with Crippen molar-refractivity contribution in [3.05, 3.63) is 70.5 Å².